The second-order valence-corrected chi connectivity index (χ2v) is 5.54. The zero-order valence-electron chi connectivity index (χ0n) is 11.3. The number of hydrogen-bond donors (Lipinski definition) is 2. The second-order valence-electron chi connectivity index (χ2n) is 4.66. The van der Waals surface area contributed by atoms with Crippen LogP contribution in [0, 0.1) is 0 Å². The molecule has 108 valence electrons. The fourth-order valence-electron chi connectivity index (χ4n) is 2.21. The molecule has 0 aliphatic carbocycles. The lowest BCUT2D eigenvalue weighted by Crippen LogP contribution is -2.30. The number of aryl methyl sites for hydroxylation is 1. The van der Waals surface area contributed by atoms with Crippen LogP contribution in [-0.2, 0) is 13.0 Å². The zero-order chi connectivity index (χ0) is 14.5. The van der Waals surface area contributed by atoms with E-state index in [4.69, 9.17) is 29.0 Å². The molecular formula is C14H18Cl2N4. The SMILES string of the molecule is CCCn1ccnc1CC(NN)c1cc(Cl)cc(Cl)c1. The molecule has 20 heavy (non-hydrogen) atoms. The Morgan fingerprint density at radius 3 is 2.60 bits per heavy atom. The molecule has 0 saturated carbocycles. The van der Waals surface area contributed by atoms with Crippen molar-refractivity contribution in [1.82, 2.24) is 15.0 Å². The number of nitrogens with one attached hydrogen (secondary N) is 1. The third-order valence-electron chi connectivity index (χ3n) is 3.14. The van der Waals surface area contributed by atoms with Gasteiger partial charge in [0.2, 0.25) is 0 Å². The number of hydrogen-bond acceptors (Lipinski definition) is 3. The minimum Gasteiger partial charge on any atom is -0.335 e. The molecule has 4 nitrogen and oxygen atoms in total. The number of imidazole rings is 1. The van der Waals surface area contributed by atoms with E-state index in [0.717, 1.165) is 24.4 Å². The van der Waals surface area contributed by atoms with Crippen LogP contribution in [-0.4, -0.2) is 9.55 Å². The largest absolute Gasteiger partial charge is 0.335 e. The Labute approximate surface area is 128 Å². The smallest absolute Gasteiger partial charge is 0.110 e. The molecule has 2 rings (SSSR count). The summed E-state index contributed by atoms with van der Waals surface area (Å²) < 4.78 is 2.14. The van der Waals surface area contributed by atoms with Crippen LogP contribution in [0.1, 0.15) is 30.8 Å². The van der Waals surface area contributed by atoms with E-state index in [1.165, 1.54) is 0 Å². The van der Waals surface area contributed by atoms with Crippen molar-refractivity contribution in [2.75, 3.05) is 0 Å². The topological polar surface area (TPSA) is 55.9 Å². The average molecular weight is 313 g/mol. The van der Waals surface area contributed by atoms with Gasteiger partial charge >= 0.3 is 0 Å². The minimum atomic E-state index is -0.0794. The lowest BCUT2D eigenvalue weighted by Gasteiger charge is -2.17. The molecule has 0 aliphatic rings. The maximum Gasteiger partial charge on any atom is 0.110 e. The fraction of sp³-hybridized carbons (Fsp3) is 0.357. The van der Waals surface area contributed by atoms with E-state index in [9.17, 15) is 0 Å². The van der Waals surface area contributed by atoms with Crippen molar-refractivity contribution in [3.8, 4) is 0 Å². The molecule has 0 fully saturated rings. The quantitative estimate of drug-likeness (QED) is 0.635. The standard InChI is InChI=1S/C14H18Cl2N4/c1-2-4-20-5-3-18-14(20)9-13(19-17)10-6-11(15)8-12(16)7-10/h3,5-8,13,19H,2,4,9,17H2,1H3. The molecule has 2 aromatic rings. The molecule has 0 spiro atoms. The molecule has 0 bridgehead atoms. The number of hydrazine groups is 1. The van der Waals surface area contributed by atoms with Crippen LogP contribution < -0.4 is 11.3 Å². The van der Waals surface area contributed by atoms with Crippen molar-refractivity contribution in [2.45, 2.75) is 32.4 Å². The maximum absolute atomic E-state index is 6.04. The van der Waals surface area contributed by atoms with Gasteiger partial charge in [0.05, 0.1) is 6.04 Å². The Kier molecular flexibility index (Phi) is 5.43. The first-order valence-corrected chi connectivity index (χ1v) is 7.31. The van der Waals surface area contributed by atoms with Crippen LogP contribution in [0.15, 0.2) is 30.6 Å². The van der Waals surface area contributed by atoms with Crippen LogP contribution >= 0.6 is 23.2 Å². The van der Waals surface area contributed by atoms with Gasteiger partial charge in [0.15, 0.2) is 0 Å². The molecule has 0 radical (unpaired) electrons. The van der Waals surface area contributed by atoms with Crippen molar-refractivity contribution in [1.29, 1.82) is 0 Å². The molecule has 1 aromatic heterocycles. The summed E-state index contributed by atoms with van der Waals surface area (Å²) in [5.41, 5.74) is 3.76. The summed E-state index contributed by atoms with van der Waals surface area (Å²) >= 11 is 12.1. The summed E-state index contributed by atoms with van der Waals surface area (Å²) in [7, 11) is 0. The van der Waals surface area contributed by atoms with Gasteiger partial charge in [-0.25, -0.2) is 4.98 Å². The zero-order valence-corrected chi connectivity index (χ0v) is 12.8. The number of aromatic nitrogens is 2. The summed E-state index contributed by atoms with van der Waals surface area (Å²) in [6, 6.07) is 5.36. The van der Waals surface area contributed by atoms with Crippen molar-refractivity contribution in [2.24, 2.45) is 5.84 Å². The predicted molar refractivity (Wildman–Crippen MR) is 82.7 cm³/mol. The number of rotatable bonds is 6. The lowest BCUT2D eigenvalue weighted by atomic mass is 10.0. The summed E-state index contributed by atoms with van der Waals surface area (Å²) in [5.74, 6) is 6.66. The summed E-state index contributed by atoms with van der Waals surface area (Å²) in [6.45, 7) is 3.09. The molecule has 1 atom stereocenters. The van der Waals surface area contributed by atoms with E-state index in [0.29, 0.717) is 16.5 Å². The van der Waals surface area contributed by atoms with Gasteiger partial charge in [-0.1, -0.05) is 30.1 Å². The molecule has 1 aromatic carbocycles. The highest BCUT2D eigenvalue weighted by molar-refractivity contribution is 6.34. The Morgan fingerprint density at radius 1 is 1.30 bits per heavy atom. The molecule has 0 aliphatic heterocycles. The van der Waals surface area contributed by atoms with Gasteiger partial charge in [-0.05, 0) is 30.2 Å². The van der Waals surface area contributed by atoms with E-state index in [1.54, 1.807) is 6.07 Å². The summed E-state index contributed by atoms with van der Waals surface area (Å²) in [5, 5.41) is 1.20. The predicted octanol–water partition coefficient (Wildman–Crippen LogP) is 3.35. The van der Waals surface area contributed by atoms with E-state index >= 15 is 0 Å². The molecule has 1 unspecified atom stereocenters. The van der Waals surface area contributed by atoms with Gasteiger partial charge in [0.25, 0.3) is 0 Å². The van der Waals surface area contributed by atoms with Crippen LogP contribution in [0.4, 0.5) is 0 Å². The van der Waals surface area contributed by atoms with Gasteiger partial charge in [0, 0.05) is 35.4 Å². The Hall–Kier alpha value is -1.07. The van der Waals surface area contributed by atoms with Crippen molar-refractivity contribution in [3.63, 3.8) is 0 Å². The number of nitrogens with zero attached hydrogens (tertiary/aromatic N) is 2. The van der Waals surface area contributed by atoms with E-state index < -0.39 is 0 Å². The van der Waals surface area contributed by atoms with Gasteiger partial charge < -0.3 is 4.57 Å². The molecular weight excluding hydrogens is 295 g/mol. The highest BCUT2D eigenvalue weighted by Gasteiger charge is 2.15. The number of halogens is 2. The van der Waals surface area contributed by atoms with Crippen LogP contribution in [0.25, 0.3) is 0 Å². The first kappa shape index (κ1) is 15.3. The van der Waals surface area contributed by atoms with Crippen molar-refractivity contribution >= 4 is 23.2 Å². The molecule has 0 saturated heterocycles. The summed E-state index contributed by atoms with van der Waals surface area (Å²) in [4.78, 5) is 4.39. The third kappa shape index (κ3) is 3.73. The van der Waals surface area contributed by atoms with Crippen molar-refractivity contribution < 1.29 is 0 Å². The van der Waals surface area contributed by atoms with Crippen LogP contribution in [0.3, 0.4) is 0 Å². The van der Waals surface area contributed by atoms with Gasteiger partial charge in [-0.2, -0.15) is 0 Å². The van der Waals surface area contributed by atoms with Crippen LogP contribution in [0.5, 0.6) is 0 Å². The van der Waals surface area contributed by atoms with Crippen LogP contribution in [0.2, 0.25) is 10.0 Å². The molecule has 3 N–H and O–H groups in total. The fourth-order valence-corrected chi connectivity index (χ4v) is 2.75. The monoisotopic (exact) mass is 312 g/mol. The third-order valence-corrected chi connectivity index (χ3v) is 3.58. The lowest BCUT2D eigenvalue weighted by molar-refractivity contribution is 0.517. The Morgan fingerprint density at radius 2 is 2.00 bits per heavy atom. The first-order chi connectivity index (χ1) is 9.63. The first-order valence-electron chi connectivity index (χ1n) is 6.56. The Balaban J connectivity index is 2.22. The van der Waals surface area contributed by atoms with E-state index in [2.05, 4.69) is 21.9 Å². The second kappa shape index (κ2) is 7.09. The normalized spacial score (nSPS) is 12.6. The maximum atomic E-state index is 6.04. The van der Waals surface area contributed by atoms with E-state index in [-0.39, 0.29) is 6.04 Å². The minimum absolute atomic E-state index is 0.0794. The highest BCUT2D eigenvalue weighted by atomic mass is 35.5. The Bertz CT molecular complexity index is 548. The van der Waals surface area contributed by atoms with E-state index in [1.807, 2.05) is 24.5 Å². The molecule has 1 heterocycles. The highest BCUT2D eigenvalue weighted by Crippen LogP contribution is 2.25. The molecule has 6 heteroatoms. The number of nitrogens with two attached hydrogens (primary N) is 1. The molecule has 0 amide bonds. The average Bonchev–Trinajstić information content (AvgIpc) is 2.82. The van der Waals surface area contributed by atoms with Gasteiger partial charge in [0.1, 0.15) is 5.82 Å². The summed E-state index contributed by atoms with van der Waals surface area (Å²) in [6.07, 6.45) is 5.54. The van der Waals surface area contributed by atoms with Gasteiger partial charge in [-0.15, -0.1) is 0 Å². The number of benzene rings is 1. The van der Waals surface area contributed by atoms with Crippen molar-refractivity contribution in [3.05, 3.63) is 52.0 Å². The van der Waals surface area contributed by atoms with Gasteiger partial charge in [-0.3, -0.25) is 11.3 Å².